The van der Waals surface area contributed by atoms with E-state index >= 15 is 0 Å². The Balaban J connectivity index is 1.99. The van der Waals surface area contributed by atoms with E-state index in [2.05, 4.69) is 10.1 Å². The van der Waals surface area contributed by atoms with Gasteiger partial charge in [0.1, 0.15) is 5.75 Å². The molecule has 0 unspecified atom stereocenters. The molecule has 138 valence electrons. The number of carbonyl (C=O) groups is 2. The molecule has 1 heterocycles. The molecule has 0 aliphatic carbocycles. The predicted molar refractivity (Wildman–Crippen MR) is 87.3 cm³/mol. The molecule has 0 atom stereocenters. The molecule has 2 amide bonds. The van der Waals surface area contributed by atoms with Gasteiger partial charge < -0.3 is 20.1 Å². The van der Waals surface area contributed by atoms with Crippen LogP contribution >= 0.6 is 23.2 Å². The topological polar surface area (TPSA) is 78.9 Å². The van der Waals surface area contributed by atoms with Crippen LogP contribution in [0.25, 0.3) is 0 Å². The fourth-order valence-corrected chi connectivity index (χ4v) is 3.16. The standard InChI is InChI=1S/C15H16Cl2F2N2O4/c16-10-5-9(12(11(17)6-10)25-14(18)19)7-20-15(24)21-3-1-8(2-4-21)13(22)23/h5-6,8,14H,1-4,7H2,(H,20,24)(H,22,23). The second-order valence-electron chi connectivity index (χ2n) is 5.51. The number of urea groups is 1. The average Bonchev–Trinajstić information content (AvgIpc) is 2.55. The third kappa shape index (κ3) is 5.34. The van der Waals surface area contributed by atoms with Crippen molar-refractivity contribution in [1.82, 2.24) is 10.2 Å². The van der Waals surface area contributed by atoms with Crippen molar-refractivity contribution >= 4 is 35.2 Å². The summed E-state index contributed by atoms with van der Waals surface area (Å²) < 4.78 is 29.4. The lowest BCUT2D eigenvalue weighted by atomic mass is 9.97. The predicted octanol–water partition coefficient (Wildman–Crippen LogP) is 3.60. The van der Waals surface area contributed by atoms with Gasteiger partial charge in [0.15, 0.2) is 0 Å². The maximum Gasteiger partial charge on any atom is 0.387 e. The van der Waals surface area contributed by atoms with Crippen LogP contribution in [0.1, 0.15) is 18.4 Å². The summed E-state index contributed by atoms with van der Waals surface area (Å²) in [4.78, 5) is 24.5. The number of halogens is 4. The second-order valence-corrected chi connectivity index (χ2v) is 6.36. The van der Waals surface area contributed by atoms with E-state index in [1.54, 1.807) is 0 Å². The van der Waals surface area contributed by atoms with Gasteiger partial charge in [-0.05, 0) is 25.0 Å². The number of aliphatic carboxylic acids is 1. The highest BCUT2D eigenvalue weighted by Crippen LogP contribution is 2.33. The molecule has 0 spiro atoms. The molecule has 1 aliphatic heterocycles. The van der Waals surface area contributed by atoms with Gasteiger partial charge in [-0.3, -0.25) is 4.79 Å². The monoisotopic (exact) mass is 396 g/mol. The minimum absolute atomic E-state index is 0.0840. The van der Waals surface area contributed by atoms with Crippen LogP contribution in [0.2, 0.25) is 10.0 Å². The fourth-order valence-electron chi connectivity index (χ4n) is 2.58. The Kier molecular flexibility index (Phi) is 6.66. The maximum atomic E-state index is 12.5. The summed E-state index contributed by atoms with van der Waals surface area (Å²) >= 11 is 11.7. The number of hydrogen-bond acceptors (Lipinski definition) is 3. The number of ether oxygens (including phenoxy) is 1. The van der Waals surface area contributed by atoms with Crippen LogP contribution < -0.4 is 10.1 Å². The van der Waals surface area contributed by atoms with Crippen molar-refractivity contribution in [2.45, 2.75) is 26.0 Å². The number of benzene rings is 1. The minimum atomic E-state index is -3.07. The molecule has 0 aromatic heterocycles. The van der Waals surface area contributed by atoms with Crippen LogP contribution in [-0.2, 0) is 11.3 Å². The lowest BCUT2D eigenvalue weighted by molar-refractivity contribution is -0.143. The molecule has 1 saturated heterocycles. The number of carboxylic acid groups (broad SMARTS) is 1. The van der Waals surface area contributed by atoms with E-state index in [-0.39, 0.29) is 27.9 Å². The SMILES string of the molecule is O=C(O)C1CCN(C(=O)NCc2cc(Cl)cc(Cl)c2OC(F)F)CC1. The molecule has 2 rings (SSSR count). The smallest absolute Gasteiger partial charge is 0.387 e. The van der Waals surface area contributed by atoms with Crippen molar-refractivity contribution in [3.8, 4) is 5.75 Å². The Morgan fingerprint density at radius 3 is 2.52 bits per heavy atom. The first-order chi connectivity index (χ1) is 11.8. The van der Waals surface area contributed by atoms with Crippen LogP contribution in [0, 0.1) is 5.92 Å². The zero-order chi connectivity index (χ0) is 18.6. The molecule has 25 heavy (non-hydrogen) atoms. The van der Waals surface area contributed by atoms with E-state index in [4.69, 9.17) is 28.3 Å². The van der Waals surface area contributed by atoms with Crippen molar-refractivity contribution in [1.29, 1.82) is 0 Å². The second kappa shape index (κ2) is 8.53. The van der Waals surface area contributed by atoms with Gasteiger partial charge in [0.25, 0.3) is 0 Å². The molecule has 0 bridgehead atoms. The van der Waals surface area contributed by atoms with Crippen molar-refractivity contribution < 1.29 is 28.2 Å². The molecular formula is C15H16Cl2F2N2O4. The number of alkyl halides is 2. The molecule has 6 nitrogen and oxygen atoms in total. The maximum absolute atomic E-state index is 12.5. The van der Waals surface area contributed by atoms with Gasteiger partial charge in [0.05, 0.1) is 10.9 Å². The van der Waals surface area contributed by atoms with Gasteiger partial charge in [0.2, 0.25) is 0 Å². The lowest BCUT2D eigenvalue weighted by Gasteiger charge is -2.30. The highest BCUT2D eigenvalue weighted by molar-refractivity contribution is 6.35. The van der Waals surface area contributed by atoms with E-state index in [0.717, 1.165) is 0 Å². The first-order valence-corrected chi connectivity index (χ1v) is 8.22. The van der Waals surface area contributed by atoms with Crippen LogP contribution in [0.15, 0.2) is 12.1 Å². The van der Waals surface area contributed by atoms with Crippen LogP contribution in [0.5, 0.6) is 5.75 Å². The molecule has 2 N–H and O–H groups in total. The first kappa shape index (κ1) is 19.5. The molecule has 1 aliphatic rings. The van der Waals surface area contributed by atoms with Gasteiger partial charge in [-0.1, -0.05) is 23.2 Å². The fraction of sp³-hybridized carbons (Fsp3) is 0.467. The van der Waals surface area contributed by atoms with Gasteiger partial charge in [-0.15, -0.1) is 0 Å². The number of hydrogen-bond donors (Lipinski definition) is 2. The van der Waals surface area contributed by atoms with Gasteiger partial charge in [-0.2, -0.15) is 8.78 Å². The number of carboxylic acids is 1. The summed E-state index contributed by atoms with van der Waals surface area (Å²) in [6.45, 7) is -2.57. The third-order valence-electron chi connectivity index (χ3n) is 3.85. The Hall–Kier alpha value is -1.80. The van der Waals surface area contributed by atoms with Crippen molar-refractivity contribution in [2.75, 3.05) is 13.1 Å². The summed E-state index contributed by atoms with van der Waals surface area (Å²) in [7, 11) is 0. The number of likely N-dealkylation sites (tertiary alicyclic amines) is 1. The first-order valence-electron chi connectivity index (χ1n) is 7.46. The number of nitrogens with one attached hydrogen (secondary N) is 1. The van der Waals surface area contributed by atoms with E-state index in [1.165, 1.54) is 17.0 Å². The lowest BCUT2D eigenvalue weighted by Crippen LogP contribution is -2.45. The molecule has 0 saturated carbocycles. The summed E-state index contributed by atoms with van der Waals surface area (Å²) in [5, 5.41) is 11.7. The number of nitrogens with zero attached hydrogens (tertiary/aromatic N) is 1. The summed E-state index contributed by atoms with van der Waals surface area (Å²) in [6, 6.07) is 2.22. The molecule has 1 aromatic rings. The average molecular weight is 397 g/mol. The van der Waals surface area contributed by atoms with E-state index < -0.39 is 24.5 Å². The Morgan fingerprint density at radius 1 is 1.32 bits per heavy atom. The van der Waals surface area contributed by atoms with E-state index in [9.17, 15) is 18.4 Å². The minimum Gasteiger partial charge on any atom is -0.481 e. The third-order valence-corrected chi connectivity index (χ3v) is 4.35. The van der Waals surface area contributed by atoms with E-state index in [1.807, 2.05) is 0 Å². The quantitative estimate of drug-likeness (QED) is 0.796. The molecule has 1 aromatic carbocycles. The Labute approximate surface area is 152 Å². The zero-order valence-corrected chi connectivity index (χ0v) is 14.5. The Morgan fingerprint density at radius 2 is 1.96 bits per heavy atom. The van der Waals surface area contributed by atoms with Crippen molar-refractivity contribution in [3.63, 3.8) is 0 Å². The summed E-state index contributed by atoms with van der Waals surface area (Å²) in [6.07, 6.45) is 0.733. The van der Waals surface area contributed by atoms with Crippen molar-refractivity contribution in [2.24, 2.45) is 5.92 Å². The normalized spacial score (nSPS) is 15.3. The van der Waals surface area contributed by atoms with Gasteiger partial charge >= 0.3 is 18.6 Å². The summed E-state index contributed by atoms with van der Waals surface area (Å²) in [5.74, 6) is -1.57. The number of rotatable bonds is 5. The van der Waals surface area contributed by atoms with Gasteiger partial charge in [-0.25, -0.2) is 4.79 Å². The highest BCUT2D eigenvalue weighted by atomic mass is 35.5. The van der Waals surface area contributed by atoms with Crippen LogP contribution in [0.3, 0.4) is 0 Å². The zero-order valence-electron chi connectivity index (χ0n) is 13.0. The van der Waals surface area contributed by atoms with Crippen molar-refractivity contribution in [3.05, 3.63) is 27.7 Å². The molecule has 10 heteroatoms. The van der Waals surface area contributed by atoms with Crippen LogP contribution in [0.4, 0.5) is 13.6 Å². The number of piperidine rings is 1. The van der Waals surface area contributed by atoms with Crippen LogP contribution in [-0.4, -0.2) is 41.7 Å². The number of carbonyl (C=O) groups excluding carboxylic acids is 1. The summed E-state index contributed by atoms with van der Waals surface area (Å²) in [5.41, 5.74) is 0.214. The largest absolute Gasteiger partial charge is 0.481 e. The molecule has 0 radical (unpaired) electrons. The highest BCUT2D eigenvalue weighted by Gasteiger charge is 2.27. The number of amides is 2. The molecule has 1 fully saturated rings. The molecular weight excluding hydrogens is 381 g/mol. The van der Waals surface area contributed by atoms with Gasteiger partial charge in [0, 0.05) is 30.2 Å². The van der Waals surface area contributed by atoms with E-state index in [0.29, 0.717) is 25.9 Å². The Bertz CT molecular complexity index is 653.